The maximum absolute atomic E-state index is 12.8. The molecular weight excluding hydrogens is 305 g/mol. The highest BCUT2D eigenvalue weighted by atomic mass is 19.4. The second kappa shape index (κ2) is 6.26. The van der Waals surface area contributed by atoms with Gasteiger partial charge in [0.2, 0.25) is 5.91 Å². The summed E-state index contributed by atoms with van der Waals surface area (Å²) in [5, 5.41) is 0. The summed E-state index contributed by atoms with van der Waals surface area (Å²) >= 11 is 0. The van der Waals surface area contributed by atoms with E-state index in [9.17, 15) is 18.0 Å². The Hall–Kier alpha value is -1.98. The lowest BCUT2D eigenvalue weighted by Crippen LogP contribution is -2.35. The van der Waals surface area contributed by atoms with E-state index in [2.05, 4.69) is 10.9 Å². The molecule has 0 spiro atoms. The Balaban J connectivity index is 1.47. The van der Waals surface area contributed by atoms with Crippen molar-refractivity contribution in [2.24, 2.45) is 17.8 Å². The number of hydrazine groups is 1. The second-order valence-corrected chi connectivity index (χ2v) is 6.35. The van der Waals surface area contributed by atoms with Crippen molar-refractivity contribution in [1.29, 1.82) is 0 Å². The molecule has 3 rings (SSSR count). The number of hydrogen-bond acceptors (Lipinski definition) is 2. The van der Waals surface area contributed by atoms with Crippen molar-refractivity contribution in [3.05, 3.63) is 47.7 Å². The molecule has 1 aromatic rings. The summed E-state index contributed by atoms with van der Waals surface area (Å²) < 4.78 is 38.5. The molecule has 2 fully saturated rings. The number of alkyl halides is 3. The topological polar surface area (TPSA) is 41.1 Å². The van der Waals surface area contributed by atoms with Crippen molar-refractivity contribution >= 4 is 5.91 Å². The van der Waals surface area contributed by atoms with Crippen LogP contribution in [0.5, 0.6) is 0 Å². The van der Waals surface area contributed by atoms with Crippen LogP contribution >= 0.6 is 0 Å². The highest BCUT2D eigenvalue weighted by Crippen LogP contribution is 2.56. The van der Waals surface area contributed by atoms with Gasteiger partial charge in [0.15, 0.2) is 0 Å². The summed E-state index contributed by atoms with van der Waals surface area (Å²) in [6.45, 7) is 0. The molecule has 0 radical (unpaired) electrons. The maximum atomic E-state index is 12.8. The van der Waals surface area contributed by atoms with Gasteiger partial charge in [-0.3, -0.25) is 10.2 Å². The number of fused-ring (bicyclic) bond motifs is 2. The van der Waals surface area contributed by atoms with Crippen LogP contribution in [0, 0.1) is 17.8 Å². The van der Waals surface area contributed by atoms with Gasteiger partial charge in [0.1, 0.15) is 0 Å². The smallest absolute Gasteiger partial charge is 0.306 e. The molecule has 2 N–H and O–H groups in total. The predicted octanol–water partition coefficient (Wildman–Crippen LogP) is 3.34. The molecule has 2 bridgehead atoms. The molecule has 0 aliphatic heterocycles. The second-order valence-electron chi connectivity index (χ2n) is 6.35. The first-order valence-corrected chi connectivity index (χ1v) is 7.77. The summed E-state index contributed by atoms with van der Waals surface area (Å²) in [7, 11) is 0. The van der Waals surface area contributed by atoms with Gasteiger partial charge in [-0.15, -0.1) is 0 Å². The van der Waals surface area contributed by atoms with Crippen LogP contribution in [0.25, 0.3) is 0 Å². The number of hydrogen-bond donors (Lipinski definition) is 2. The van der Waals surface area contributed by atoms with Gasteiger partial charge in [-0.2, -0.15) is 13.2 Å². The fraction of sp³-hybridized carbons (Fsp3) is 0.471. The SMILES string of the molecule is O=C(Cc1ccccc1)NN/C=C1/C[C@H]2C[C@@H]1C[C@@H]2C(F)(F)F. The lowest BCUT2D eigenvalue weighted by molar-refractivity contribution is -0.185. The normalized spacial score (nSPS) is 28.1. The predicted molar refractivity (Wildman–Crippen MR) is 79.9 cm³/mol. The number of carbonyl (C=O) groups is 1. The molecule has 124 valence electrons. The zero-order valence-corrected chi connectivity index (χ0v) is 12.6. The van der Waals surface area contributed by atoms with Crippen LogP contribution in [0.15, 0.2) is 42.1 Å². The molecule has 3 atom stereocenters. The Kier molecular flexibility index (Phi) is 4.33. The number of allylic oxidation sites excluding steroid dienone is 1. The van der Waals surface area contributed by atoms with Crippen molar-refractivity contribution in [2.75, 3.05) is 0 Å². The van der Waals surface area contributed by atoms with Crippen LogP contribution in [0.3, 0.4) is 0 Å². The van der Waals surface area contributed by atoms with Gasteiger partial charge in [-0.25, -0.2) is 0 Å². The van der Waals surface area contributed by atoms with E-state index in [0.717, 1.165) is 11.1 Å². The van der Waals surface area contributed by atoms with Crippen molar-refractivity contribution in [3.8, 4) is 0 Å². The molecular formula is C17H19F3N2O. The van der Waals surface area contributed by atoms with Gasteiger partial charge in [0, 0.05) is 6.20 Å². The van der Waals surface area contributed by atoms with Crippen LogP contribution in [0.4, 0.5) is 13.2 Å². The maximum Gasteiger partial charge on any atom is 0.392 e. The molecule has 3 nitrogen and oxygen atoms in total. The number of carbonyl (C=O) groups excluding carboxylic acids is 1. The molecule has 0 unspecified atom stereocenters. The van der Waals surface area contributed by atoms with Crippen LogP contribution in [0.2, 0.25) is 0 Å². The van der Waals surface area contributed by atoms with E-state index in [-0.39, 0.29) is 30.6 Å². The van der Waals surface area contributed by atoms with E-state index in [1.54, 1.807) is 6.20 Å². The van der Waals surface area contributed by atoms with Crippen LogP contribution in [-0.2, 0) is 11.2 Å². The van der Waals surface area contributed by atoms with Crippen molar-refractivity contribution in [2.45, 2.75) is 31.9 Å². The van der Waals surface area contributed by atoms with E-state index in [0.29, 0.717) is 12.8 Å². The Morgan fingerprint density at radius 1 is 1.22 bits per heavy atom. The van der Waals surface area contributed by atoms with Crippen molar-refractivity contribution in [1.82, 2.24) is 10.9 Å². The van der Waals surface area contributed by atoms with Gasteiger partial charge < -0.3 is 5.43 Å². The molecule has 0 heterocycles. The summed E-state index contributed by atoms with van der Waals surface area (Å²) in [5.74, 6) is -1.64. The molecule has 0 saturated heterocycles. The monoisotopic (exact) mass is 324 g/mol. The van der Waals surface area contributed by atoms with Crippen LogP contribution < -0.4 is 10.9 Å². The molecule has 2 aliphatic carbocycles. The first kappa shape index (κ1) is 15.9. The van der Waals surface area contributed by atoms with Gasteiger partial charge in [0.25, 0.3) is 0 Å². The highest BCUT2D eigenvalue weighted by molar-refractivity contribution is 5.78. The molecule has 2 saturated carbocycles. The lowest BCUT2D eigenvalue weighted by Gasteiger charge is -2.25. The molecule has 0 aromatic heterocycles. The standard InChI is InChI=1S/C17H19F3N2O/c18-17(19,20)15-9-12-7-13(15)8-14(12)10-21-22-16(23)6-11-4-2-1-3-5-11/h1-5,10,12-13,15,21H,6-9H2,(H,22,23)/b14-10-/t12-,13-,15+/m1/s1. The zero-order chi connectivity index (χ0) is 16.4. The number of halogens is 3. The molecule has 23 heavy (non-hydrogen) atoms. The molecule has 6 heteroatoms. The number of rotatable bonds is 4. The summed E-state index contributed by atoms with van der Waals surface area (Å²) in [6, 6.07) is 9.35. The average molecular weight is 324 g/mol. The Morgan fingerprint density at radius 3 is 2.57 bits per heavy atom. The first-order valence-electron chi connectivity index (χ1n) is 7.77. The van der Waals surface area contributed by atoms with E-state index < -0.39 is 12.1 Å². The van der Waals surface area contributed by atoms with Gasteiger partial charge in [0.05, 0.1) is 12.3 Å². The van der Waals surface area contributed by atoms with E-state index >= 15 is 0 Å². The molecule has 2 aliphatic rings. The zero-order valence-electron chi connectivity index (χ0n) is 12.6. The van der Waals surface area contributed by atoms with Crippen molar-refractivity contribution in [3.63, 3.8) is 0 Å². The Morgan fingerprint density at radius 2 is 1.96 bits per heavy atom. The third-order valence-electron chi connectivity index (χ3n) is 4.81. The average Bonchev–Trinajstić information content (AvgIpc) is 3.08. The minimum atomic E-state index is -4.08. The van der Waals surface area contributed by atoms with Gasteiger partial charge >= 0.3 is 6.18 Å². The lowest BCUT2D eigenvalue weighted by atomic mass is 9.86. The number of nitrogens with one attached hydrogen (secondary N) is 2. The summed E-state index contributed by atoms with van der Waals surface area (Å²) in [5.41, 5.74) is 7.21. The van der Waals surface area contributed by atoms with E-state index in [4.69, 9.17) is 0 Å². The fourth-order valence-corrected chi connectivity index (χ4v) is 3.74. The third kappa shape index (κ3) is 3.68. The number of benzene rings is 1. The number of amides is 1. The summed E-state index contributed by atoms with van der Waals surface area (Å²) in [6.07, 6.45) is -0.895. The van der Waals surface area contributed by atoms with Crippen molar-refractivity contribution < 1.29 is 18.0 Å². The minimum absolute atomic E-state index is 0.00912. The third-order valence-corrected chi connectivity index (χ3v) is 4.81. The minimum Gasteiger partial charge on any atom is -0.306 e. The van der Waals surface area contributed by atoms with E-state index in [1.165, 1.54) is 0 Å². The Labute approximate surface area is 132 Å². The van der Waals surface area contributed by atoms with Crippen LogP contribution in [-0.4, -0.2) is 12.1 Å². The highest BCUT2D eigenvalue weighted by Gasteiger charge is 2.54. The van der Waals surface area contributed by atoms with E-state index in [1.807, 2.05) is 30.3 Å². The summed E-state index contributed by atoms with van der Waals surface area (Å²) in [4.78, 5) is 11.8. The largest absolute Gasteiger partial charge is 0.392 e. The Bertz CT molecular complexity index is 598. The molecule has 1 amide bonds. The quantitative estimate of drug-likeness (QED) is 0.834. The van der Waals surface area contributed by atoms with Crippen LogP contribution in [0.1, 0.15) is 24.8 Å². The fourth-order valence-electron chi connectivity index (χ4n) is 3.74. The van der Waals surface area contributed by atoms with Gasteiger partial charge in [-0.05, 0) is 42.2 Å². The first-order chi connectivity index (χ1) is 10.9. The molecule has 1 aromatic carbocycles. The van der Waals surface area contributed by atoms with Gasteiger partial charge in [-0.1, -0.05) is 30.3 Å².